The Morgan fingerprint density at radius 2 is 1.26 bits per heavy atom. The van der Waals surface area contributed by atoms with Gasteiger partial charge in [0.25, 0.3) is 0 Å². The first-order chi connectivity index (χ1) is 13.2. The molecule has 27 heavy (non-hydrogen) atoms. The van der Waals surface area contributed by atoms with E-state index in [1.54, 1.807) is 48.5 Å². The quantitative estimate of drug-likeness (QED) is 0.525. The third kappa shape index (κ3) is 3.98. The standard InChI is InChI=1S/C24H20O3/c25-23-7-2-1-4-17-8-12-21(13-9-17)27-22-14-10-18(11-15-22)24(26)20-6-3-5-19(23)16-20/h3,5-6,8-16H,1-2,4,7H2. The van der Waals surface area contributed by atoms with E-state index in [0.29, 0.717) is 28.9 Å². The first-order valence-corrected chi connectivity index (χ1v) is 9.24. The minimum atomic E-state index is -0.0957. The number of ether oxygens (including phenoxy) is 1. The summed E-state index contributed by atoms with van der Waals surface area (Å²) in [6.45, 7) is 0. The first kappa shape index (κ1) is 17.2. The van der Waals surface area contributed by atoms with E-state index >= 15 is 0 Å². The Labute approximate surface area is 158 Å². The Hall–Kier alpha value is -3.20. The van der Waals surface area contributed by atoms with Crippen molar-refractivity contribution in [3.8, 4) is 11.5 Å². The van der Waals surface area contributed by atoms with Gasteiger partial charge in [0.1, 0.15) is 11.5 Å². The lowest BCUT2D eigenvalue weighted by Gasteiger charge is -2.09. The maximum absolute atomic E-state index is 12.8. The molecule has 3 heterocycles. The summed E-state index contributed by atoms with van der Waals surface area (Å²) < 4.78 is 5.87. The molecule has 3 aromatic carbocycles. The number of Topliss-reactive ketones (excluding diaryl/α,β-unsaturated/α-hetero) is 1. The number of aryl methyl sites for hydroxylation is 1. The molecule has 0 saturated carbocycles. The van der Waals surface area contributed by atoms with Crippen LogP contribution >= 0.6 is 0 Å². The van der Waals surface area contributed by atoms with Gasteiger partial charge >= 0.3 is 0 Å². The lowest BCUT2D eigenvalue weighted by Crippen LogP contribution is -2.05. The zero-order chi connectivity index (χ0) is 18.6. The van der Waals surface area contributed by atoms with E-state index in [-0.39, 0.29) is 11.6 Å². The van der Waals surface area contributed by atoms with Crippen molar-refractivity contribution in [2.24, 2.45) is 0 Å². The predicted octanol–water partition coefficient (Wildman–Crippen LogP) is 5.62. The molecular weight excluding hydrogens is 336 g/mol. The number of carbonyl (C=O) groups excluding carboxylic acids is 2. The van der Waals surface area contributed by atoms with E-state index in [2.05, 4.69) is 12.1 Å². The molecule has 0 spiro atoms. The minimum absolute atomic E-state index is 0.0878. The molecule has 0 radical (unpaired) electrons. The number of hydrogen-bond donors (Lipinski definition) is 0. The molecule has 0 aliphatic carbocycles. The Bertz CT molecular complexity index is 969. The maximum atomic E-state index is 12.8. The van der Waals surface area contributed by atoms with Crippen LogP contribution in [0.15, 0.2) is 72.8 Å². The van der Waals surface area contributed by atoms with Crippen molar-refractivity contribution in [3.63, 3.8) is 0 Å². The zero-order valence-electron chi connectivity index (χ0n) is 15.0. The second-order valence-electron chi connectivity index (χ2n) is 6.81. The summed E-state index contributed by atoms with van der Waals surface area (Å²) in [5.41, 5.74) is 2.94. The van der Waals surface area contributed by atoms with Crippen LogP contribution in [0.25, 0.3) is 0 Å². The second-order valence-corrected chi connectivity index (χ2v) is 6.81. The van der Waals surface area contributed by atoms with Crippen molar-refractivity contribution in [1.29, 1.82) is 0 Å². The van der Waals surface area contributed by atoms with Crippen LogP contribution in [0.5, 0.6) is 11.5 Å². The fourth-order valence-electron chi connectivity index (χ4n) is 3.29. The molecular formula is C24H20O3. The van der Waals surface area contributed by atoms with Gasteiger partial charge in [-0.05, 0) is 67.3 Å². The first-order valence-electron chi connectivity index (χ1n) is 9.24. The number of benzene rings is 3. The number of rotatable bonds is 0. The molecule has 0 fully saturated rings. The Balaban J connectivity index is 1.69. The summed E-state index contributed by atoms with van der Waals surface area (Å²) in [5.74, 6) is 1.44. The predicted molar refractivity (Wildman–Crippen MR) is 105 cm³/mol. The van der Waals surface area contributed by atoms with Crippen molar-refractivity contribution in [2.45, 2.75) is 25.7 Å². The highest BCUT2D eigenvalue weighted by atomic mass is 16.5. The fourth-order valence-corrected chi connectivity index (χ4v) is 3.29. The van der Waals surface area contributed by atoms with Crippen molar-refractivity contribution in [3.05, 3.63) is 95.1 Å². The van der Waals surface area contributed by atoms with Gasteiger partial charge in [0.2, 0.25) is 0 Å². The molecule has 3 heteroatoms. The van der Waals surface area contributed by atoms with Gasteiger partial charge < -0.3 is 4.74 Å². The van der Waals surface area contributed by atoms with E-state index in [0.717, 1.165) is 25.0 Å². The average molecular weight is 356 g/mol. The van der Waals surface area contributed by atoms with Crippen LogP contribution in [0.4, 0.5) is 0 Å². The molecule has 3 aliphatic heterocycles. The van der Waals surface area contributed by atoms with Crippen molar-refractivity contribution in [1.82, 2.24) is 0 Å². The van der Waals surface area contributed by atoms with Gasteiger partial charge in [0.05, 0.1) is 0 Å². The van der Waals surface area contributed by atoms with Gasteiger partial charge in [-0.2, -0.15) is 0 Å². The molecule has 0 aromatic heterocycles. The summed E-state index contributed by atoms with van der Waals surface area (Å²) in [6.07, 6.45) is 3.20. The van der Waals surface area contributed by atoms with E-state index in [4.69, 9.17) is 4.74 Å². The topological polar surface area (TPSA) is 43.4 Å². The molecule has 0 N–H and O–H groups in total. The number of ketones is 2. The third-order valence-electron chi connectivity index (χ3n) is 4.84. The van der Waals surface area contributed by atoms with Gasteiger partial charge in [-0.25, -0.2) is 0 Å². The molecule has 3 aromatic rings. The van der Waals surface area contributed by atoms with Crippen LogP contribution < -0.4 is 4.74 Å². The molecule has 0 unspecified atom stereocenters. The molecule has 0 saturated heterocycles. The molecule has 3 nitrogen and oxygen atoms in total. The van der Waals surface area contributed by atoms with Crippen molar-refractivity contribution >= 4 is 11.6 Å². The SMILES string of the molecule is O=C1CCCCc2ccc(cc2)Oc2ccc(cc2)C(=O)c2cccc1c2. The summed E-state index contributed by atoms with van der Waals surface area (Å²) in [6, 6.07) is 22.1. The highest BCUT2D eigenvalue weighted by Gasteiger charge is 2.13. The number of carbonyl (C=O) groups is 2. The summed E-state index contributed by atoms with van der Waals surface area (Å²) >= 11 is 0. The largest absolute Gasteiger partial charge is 0.457 e. The minimum Gasteiger partial charge on any atom is -0.457 e. The van der Waals surface area contributed by atoms with Crippen LogP contribution in [0.3, 0.4) is 0 Å². The average Bonchev–Trinajstić information content (AvgIpc) is 2.72. The van der Waals surface area contributed by atoms with Crippen molar-refractivity contribution < 1.29 is 14.3 Å². The Morgan fingerprint density at radius 1 is 0.630 bits per heavy atom. The monoisotopic (exact) mass is 356 g/mol. The molecule has 6 bridgehead atoms. The van der Waals surface area contributed by atoms with Crippen LogP contribution in [0.2, 0.25) is 0 Å². The van der Waals surface area contributed by atoms with E-state index in [9.17, 15) is 9.59 Å². The van der Waals surface area contributed by atoms with Crippen LogP contribution in [0.1, 0.15) is 51.1 Å². The number of fused-ring (bicyclic) bond motifs is 2. The van der Waals surface area contributed by atoms with Gasteiger partial charge in [0, 0.05) is 23.1 Å². The summed E-state index contributed by atoms with van der Waals surface area (Å²) in [4.78, 5) is 25.3. The molecule has 0 amide bonds. The van der Waals surface area contributed by atoms with Gasteiger partial charge in [-0.1, -0.05) is 30.3 Å². The van der Waals surface area contributed by atoms with Crippen LogP contribution in [0, 0.1) is 0 Å². The lowest BCUT2D eigenvalue weighted by atomic mass is 9.97. The van der Waals surface area contributed by atoms with E-state index in [1.165, 1.54) is 5.56 Å². The molecule has 0 atom stereocenters. The second kappa shape index (κ2) is 7.58. The normalized spacial score (nSPS) is 14.5. The molecule has 3 aliphatic rings. The highest BCUT2D eigenvalue weighted by Crippen LogP contribution is 2.24. The van der Waals surface area contributed by atoms with Crippen LogP contribution in [-0.4, -0.2) is 11.6 Å². The van der Waals surface area contributed by atoms with E-state index < -0.39 is 0 Å². The maximum Gasteiger partial charge on any atom is 0.193 e. The smallest absolute Gasteiger partial charge is 0.193 e. The molecule has 134 valence electrons. The highest BCUT2D eigenvalue weighted by molar-refractivity contribution is 6.10. The zero-order valence-corrected chi connectivity index (χ0v) is 15.0. The van der Waals surface area contributed by atoms with Gasteiger partial charge in [-0.15, -0.1) is 0 Å². The van der Waals surface area contributed by atoms with E-state index in [1.807, 2.05) is 12.1 Å². The molecule has 6 rings (SSSR count). The van der Waals surface area contributed by atoms with Gasteiger partial charge in [-0.3, -0.25) is 9.59 Å². The number of hydrogen-bond acceptors (Lipinski definition) is 3. The lowest BCUT2D eigenvalue weighted by molar-refractivity contribution is 0.0979. The summed E-state index contributed by atoms with van der Waals surface area (Å²) in [7, 11) is 0. The Morgan fingerprint density at radius 3 is 2.00 bits per heavy atom. The summed E-state index contributed by atoms with van der Waals surface area (Å²) in [5, 5.41) is 0. The Kier molecular flexibility index (Phi) is 4.84. The van der Waals surface area contributed by atoms with Crippen LogP contribution in [-0.2, 0) is 6.42 Å². The fraction of sp³-hybridized carbons (Fsp3) is 0.167. The van der Waals surface area contributed by atoms with Crippen molar-refractivity contribution in [2.75, 3.05) is 0 Å². The third-order valence-corrected chi connectivity index (χ3v) is 4.84. The van der Waals surface area contributed by atoms with Gasteiger partial charge in [0.15, 0.2) is 11.6 Å².